The predicted molar refractivity (Wildman–Crippen MR) is 91.4 cm³/mol. The summed E-state index contributed by atoms with van der Waals surface area (Å²) in [5.74, 6) is 0. The number of aromatic nitrogens is 2. The van der Waals surface area contributed by atoms with Gasteiger partial charge in [0.25, 0.3) is 0 Å². The highest BCUT2D eigenvalue weighted by molar-refractivity contribution is 6.30. The van der Waals surface area contributed by atoms with Crippen LogP contribution in [0, 0.1) is 0 Å². The van der Waals surface area contributed by atoms with Crippen molar-refractivity contribution in [2.24, 2.45) is 0 Å². The van der Waals surface area contributed by atoms with Gasteiger partial charge in [0.05, 0.1) is 12.6 Å². The van der Waals surface area contributed by atoms with Gasteiger partial charge in [-0.1, -0.05) is 23.7 Å². The molecule has 3 rings (SSSR count). The lowest BCUT2D eigenvalue weighted by atomic mass is 10.2. The van der Waals surface area contributed by atoms with Crippen LogP contribution in [-0.4, -0.2) is 63.5 Å². The van der Waals surface area contributed by atoms with Crippen molar-refractivity contribution in [3.8, 4) is 0 Å². The monoisotopic (exact) mass is 334 g/mol. The van der Waals surface area contributed by atoms with Gasteiger partial charge in [0, 0.05) is 56.7 Å². The number of rotatable bonds is 6. The van der Waals surface area contributed by atoms with Crippen molar-refractivity contribution in [1.29, 1.82) is 0 Å². The van der Waals surface area contributed by atoms with Gasteiger partial charge in [0.1, 0.15) is 0 Å². The fraction of sp³-hybridized carbons (Fsp3) is 0.471. The standard InChI is InChI=1S/C17H23ClN4O/c18-16-4-2-15(3-5-16)12-20-8-10-21(11-9-20)13-17(23)14-22-7-1-6-19-22/h1-7,17,23H,8-14H2/t17-/m1/s1. The summed E-state index contributed by atoms with van der Waals surface area (Å²) >= 11 is 5.92. The first kappa shape index (κ1) is 16.5. The van der Waals surface area contributed by atoms with Crippen LogP contribution in [0.2, 0.25) is 5.02 Å². The van der Waals surface area contributed by atoms with Crippen molar-refractivity contribution in [1.82, 2.24) is 19.6 Å². The number of β-amino-alcohol motifs (C(OH)–C–C–N with tert-alkyl or cyclic N) is 1. The topological polar surface area (TPSA) is 44.5 Å². The number of aliphatic hydroxyl groups is 1. The van der Waals surface area contributed by atoms with Gasteiger partial charge in [0.15, 0.2) is 0 Å². The van der Waals surface area contributed by atoms with E-state index in [4.69, 9.17) is 11.6 Å². The quantitative estimate of drug-likeness (QED) is 0.873. The van der Waals surface area contributed by atoms with Gasteiger partial charge in [-0.2, -0.15) is 5.10 Å². The van der Waals surface area contributed by atoms with Crippen LogP contribution in [0.4, 0.5) is 0 Å². The number of aliphatic hydroxyl groups excluding tert-OH is 1. The lowest BCUT2D eigenvalue weighted by Gasteiger charge is -2.35. The average Bonchev–Trinajstić information content (AvgIpc) is 3.04. The van der Waals surface area contributed by atoms with Gasteiger partial charge < -0.3 is 5.11 Å². The van der Waals surface area contributed by atoms with Crippen LogP contribution in [0.5, 0.6) is 0 Å². The fourth-order valence-electron chi connectivity index (χ4n) is 2.96. The smallest absolute Gasteiger partial charge is 0.0862 e. The van der Waals surface area contributed by atoms with E-state index in [1.54, 1.807) is 10.9 Å². The third-order valence-corrected chi connectivity index (χ3v) is 4.46. The molecule has 2 aromatic rings. The Bertz CT molecular complexity index is 579. The Kier molecular flexibility index (Phi) is 5.67. The molecule has 1 atom stereocenters. The van der Waals surface area contributed by atoms with E-state index in [0.717, 1.165) is 37.7 Å². The molecular formula is C17H23ClN4O. The summed E-state index contributed by atoms with van der Waals surface area (Å²) < 4.78 is 1.78. The summed E-state index contributed by atoms with van der Waals surface area (Å²) in [6, 6.07) is 9.94. The lowest BCUT2D eigenvalue weighted by molar-refractivity contribution is 0.0605. The second kappa shape index (κ2) is 7.93. The predicted octanol–water partition coefficient (Wildman–Crippen LogP) is 1.72. The first-order chi connectivity index (χ1) is 11.2. The summed E-state index contributed by atoms with van der Waals surface area (Å²) in [5.41, 5.74) is 1.29. The van der Waals surface area contributed by atoms with Gasteiger partial charge in [0.2, 0.25) is 0 Å². The molecule has 1 aromatic heterocycles. The van der Waals surface area contributed by atoms with Gasteiger partial charge in [-0.3, -0.25) is 14.5 Å². The molecule has 23 heavy (non-hydrogen) atoms. The first-order valence-electron chi connectivity index (χ1n) is 8.04. The average molecular weight is 335 g/mol. The third-order valence-electron chi connectivity index (χ3n) is 4.21. The molecule has 0 bridgehead atoms. The maximum absolute atomic E-state index is 10.2. The molecule has 0 radical (unpaired) electrons. The zero-order valence-corrected chi connectivity index (χ0v) is 13.9. The van der Waals surface area contributed by atoms with Crippen molar-refractivity contribution < 1.29 is 5.11 Å². The summed E-state index contributed by atoms with van der Waals surface area (Å²) in [7, 11) is 0. The summed E-state index contributed by atoms with van der Waals surface area (Å²) in [5, 5.41) is 15.1. The fourth-order valence-corrected chi connectivity index (χ4v) is 3.08. The van der Waals surface area contributed by atoms with Crippen LogP contribution in [0.1, 0.15) is 5.56 Å². The highest BCUT2D eigenvalue weighted by Gasteiger charge is 2.19. The molecule has 0 saturated carbocycles. The number of hydrogen-bond acceptors (Lipinski definition) is 4. The van der Waals surface area contributed by atoms with E-state index in [9.17, 15) is 5.11 Å². The molecule has 2 heterocycles. The first-order valence-corrected chi connectivity index (χ1v) is 8.41. The van der Waals surface area contributed by atoms with E-state index in [1.807, 2.05) is 24.4 Å². The van der Waals surface area contributed by atoms with Gasteiger partial charge in [-0.25, -0.2) is 0 Å². The van der Waals surface area contributed by atoms with Crippen molar-refractivity contribution in [3.05, 3.63) is 53.3 Å². The van der Waals surface area contributed by atoms with Crippen molar-refractivity contribution in [2.75, 3.05) is 32.7 Å². The molecule has 1 fully saturated rings. The Morgan fingerprint density at radius 3 is 2.39 bits per heavy atom. The molecule has 0 amide bonds. The Morgan fingerprint density at radius 2 is 1.74 bits per heavy atom. The van der Waals surface area contributed by atoms with E-state index in [0.29, 0.717) is 13.1 Å². The van der Waals surface area contributed by atoms with Crippen LogP contribution in [-0.2, 0) is 13.1 Å². The number of benzene rings is 1. The highest BCUT2D eigenvalue weighted by Crippen LogP contribution is 2.13. The molecule has 0 aliphatic carbocycles. The molecule has 0 spiro atoms. The SMILES string of the molecule is O[C@H](CN1CCN(Cc2ccc(Cl)cc2)CC1)Cn1cccn1. The van der Waals surface area contributed by atoms with Gasteiger partial charge in [-0.15, -0.1) is 0 Å². The number of nitrogens with zero attached hydrogens (tertiary/aromatic N) is 4. The molecule has 0 unspecified atom stereocenters. The van der Waals surface area contributed by atoms with Crippen LogP contribution >= 0.6 is 11.6 Å². The molecule has 1 saturated heterocycles. The number of hydrogen-bond donors (Lipinski definition) is 1. The van der Waals surface area contributed by atoms with Crippen molar-refractivity contribution in [2.45, 2.75) is 19.2 Å². The zero-order valence-electron chi connectivity index (χ0n) is 13.2. The Morgan fingerprint density at radius 1 is 1.04 bits per heavy atom. The summed E-state index contributed by atoms with van der Waals surface area (Å²) in [4.78, 5) is 4.77. The van der Waals surface area contributed by atoms with Crippen molar-refractivity contribution >= 4 is 11.6 Å². The summed E-state index contributed by atoms with van der Waals surface area (Å²) in [6.45, 7) is 6.25. The summed E-state index contributed by atoms with van der Waals surface area (Å²) in [6.07, 6.45) is 3.24. The number of halogens is 1. The molecule has 124 valence electrons. The Balaban J connectivity index is 1.40. The van der Waals surface area contributed by atoms with Crippen LogP contribution in [0.3, 0.4) is 0 Å². The maximum atomic E-state index is 10.2. The second-order valence-corrected chi connectivity index (χ2v) is 6.52. The van der Waals surface area contributed by atoms with E-state index in [2.05, 4.69) is 27.0 Å². The van der Waals surface area contributed by atoms with E-state index >= 15 is 0 Å². The van der Waals surface area contributed by atoms with Crippen molar-refractivity contribution in [3.63, 3.8) is 0 Å². The van der Waals surface area contributed by atoms with E-state index in [-0.39, 0.29) is 6.10 Å². The minimum absolute atomic E-state index is 0.377. The zero-order chi connectivity index (χ0) is 16.1. The molecule has 1 aliphatic heterocycles. The Labute approximate surface area is 142 Å². The lowest BCUT2D eigenvalue weighted by Crippen LogP contribution is -2.48. The largest absolute Gasteiger partial charge is 0.390 e. The normalized spacial score (nSPS) is 18.2. The third kappa shape index (κ3) is 5.04. The van der Waals surface area contributed by atoms with Crippen LogP contribution in [0.25, 0.3) is 0 Å². The second-order valence-electron chi connectivity index (χ2n) is 6.09. The highest BCUT2D eigenvalue weighted by atomic mass is 35.5. The molecule has 1 aromatic carbocycles. The maximum Gasteiger partial charge on any atom is 0.0862 e. The minimum Gasteiger partial charge on any atom is -0.390 e. The van der Waals surface area contributed by atoms with Gasteiger partial charge >= 0.3 is 0 Å². The van der Waals surface area contributed by atoms with Crippen LogP contribution in [0.15, 0.2) is 42.7 Å². The molecule has 1 aliphatic rings. The van der Waals surface area contributed by atoms with E-state index < -0.39 is 0 Å². The molecule has 5 nitrogen and oxygen atoms in total. The molecule has 6 heteroatoms. The van der Waals surface area contributed by atoms with Crippen LogP contribution < -0.4 is 0 Å². The van der Waals surface area contributed by atoms with E-state index in [1.165, 1.54) is 5.56 Å². The molecular weight excluding hydrogens is 312 g/mol. The minimum atomic E-state index is -0.377. The Hall–Kier alpha value is -1.40. The van der Waals surface area contributed by atoms with Gasteiger partial charge in [-0.05, 0) is 23.8 Å². The number of piperazine rings is 1. The molecule has 1 N–H and O–H groups in total.